The quantitative estimate of drug-likeness (QED) is 0.167. The molecule has 0 saturated heterocycles. The highest BCUT2D eigenvalue weighted by Crippen LogP contribution is 2.36. The molecule has 0 radical (unpaired) electrons. The van der Waals surface area contributed by atoms with Gasteiger partial charge >= 0.3 is 0 Å². The Balaban J connectivity index is 1.24. The highest BCUT2D eigenvalue weighted by atomic mass is 32.2. The first-order valence-corrected chi connectivity index (χ1v) is 16.6. The number of aromatic nitrogens is 3. The number of hydrogen-bond acceptors (Lipinski definition) is 10. The molecule has 0 unspecified atom stereocenters. The summed E-state index contributed by atoms with van der Waals surface area (Å²) in [6.45, 7) is 0.0879. The van der Waals surface area contributed by atoms with Crippen molar-refractivity contribution >= 4 is 40.6 Å². The Kier molecular flexibility index (Phi) is 9.83. The van der Waals surface area contributed by atoms with Gasteiger partial charge in [0.05, 0.1) is 55.9 Å². The lowest BCUT2D eigenvalue weighted by Gasteiger charge is -2.22. The monoisotopic (exact) mass is 668 g/mol. The summed E-state index contributed by atoms with van der Waals surface area (Å²) in [5.74, 6) is 2.07. The van der Waals surface area contributed by atoms with Crippen LogP contribution in [0.5, 0.6) is 17.2 Å². The summed E-state index contributed by atoms with van der Waals surface area (Å²) < 4.78 is 18.0. The van der Waals surface area contributed by atoms with Crippen molar-refractivity contribution < 1.29 is 23.8 Å². The summed E-state index contributed by atoms with van der Waals surface area (Å²) in [4.78, 5) is 27.8. The van der Waals surface area contributed by atoms with Gasteiger partial charge in [0.15, 0.2) is 11.0 Å². The average Bonchev–Trinajstić information content (AvgIpc) is 3.90. The maximum absolute atomic E-state index is 13.9. The van der Waals surface area contributed by atoms with Crippen molar-refractivity contribution in [2.75, 3.05) is 27.1 Å². The number of ether oxygens (including phenoxy) is 3. The zero-order valence-corrected chi connectivity index (χ0v) is 27.6. The number of nitrogens with zero attached hydrogens (tertiary/aromatic N) is 5. The number of thiophene rings is 1. The van der Waals surface area contributed by atoms with E-state index < -0.39 is 0 Å². The molecule has 2 aromatic heterocycles. The molecule has 1 aliphatic rings. The topological polar surface area (TPSA) is 120 Å². The predicted molar refractivity (Wildman–Crippen MR) is 181 cm³/mol. The zero-order valence-electron chi connectivity index (χ0n) is 26.0. The lowest BCUT2D eigenvalue weighted by Crippen LogP contribution is -2.28. The van der Waals surface area contributed by atoms with E-state index in [-0.39, 0.29) is 30.2 Å². The van der Waals surface area contributed by atoms with Gasteiger partial charge in [-0.2, -0.15) is 5.10 Å². The molecule has 3 aromatic carbocycles. The molecule has 0 aliphatic carbocycles. The molecule has 1 N–H and O–H groups in total. The van der Waals surface area contributed by atoms with Crippen LogP contribution in [0.1, 0.15) is 39.1 Å². The van der Waals surface area contributed by atoms with Crippen molar-refractivity contribution in [3.63, 3.8) is 0 Å². The number of benzene rings is 3. The summed E-state index contributed by atoms with van der Waals surface area (Å²) in [5.41, 5.74) is 2.99. The number of nitrogens with one attached hydrogen (secondary N) is 1. The molecule has 2 amide bonds. The van der Waals surface area contributed by atoms with E-state index in [1.165, 1.54) is 11.8 Å². The van der Waals surface area contributed by atoms with E-state index in [2.05, 4.69) is 15.5 Å². The number of carbonyl (C=O) groups is 2. The third kappa shape index (κ3) is 7.00. The molecule has 240 valence electrons. The van der Waals surface area contributed by atoms with Gasteiger partial charge in [0.2, 0.25) is 0 Å². The predicted octanol–water partition coefficient (Wildman–Crippen LogP) is 5.75. The minimum Gasteiger partial charge on any atom is -0.497 e. The van der Waals surface area contributed by atoms with Crippen LogP contribution in [0, 0.1) is 0 Å². The Labute approximate surface area is 280 Å². The first-order valence-electron chi connectivity index (χ1n) is 14.7. The normalized spacial score (nSPS) is 14.1. The molecule has 0 fully saturated rings. The standard InChI is InChI=1S/C34H32N6O5S2/c1-43-24-14-10-22(11-15-24)28-19-26(30-9-6-18-46-30)38-40(28)32(41)21-47-34-37-36-31(39(34)27-7-4-5-8-29(27)45-3)20-35-33(42)23-12-16-25(44-2)17-13-23/h4-18,28H,19-21H2,1-3H3,(H,35,42)/t28-/m1/s1. The van der Waals surface area contributed by atoms with Gasteiger partial charge in [-0.05, 0) is 65.5 Å². The van der Waals surface area contributed by atoms with Gasteiger partial charge in [0, 0.05) is 12.0 Å². The molecule has 47 heavy (non-hydrogen) atoms. The number of thioether (sulfide) groups is 1. The maximum Gasteiger partial charge on any atom is 0.253 e. The zero-order chi connectivity index (χ0) is 32.8. The highest BCUT2D eigenvalue weighted by molar-refractivity contribution is 7.99. The average molecular weight is 669 g/mol. The Hall–Kier alpha value is -5.14. The van der Waals surface area contributed by atoms with Crippen molar-refractivity contribution in [2.45, 2.75) is 24.2 Å². The summed E-state index contributed by atoms with van der Waals surface area (Å²) in [6.07, 6.45) is 0.596. The minimum absolute atomic E-state index is 0.0549. The number of amides is 2. The molecule has 1 atom stereocenters. The first kappa shape index (κ1) is 31.8. The lowest BCUT2D eigenvalue weighted by atomic mass is 10.0. The molecule has 0 spiro atoms. The summed E-state index contributed by atoms with van der Waals surface area (Å²) in [6, 6.07) is 25.7. The lowest BCUT2D eigenvalue weighted by molar-refractivity contribution is -0.130. The Morgan fingerprint density at radius 1 is 0.894 bits per heavy atom. The second-order valence-corrected chi connectivity index (χ2v) is 12.3. The molecule has 0 saturated carbocycles. The van der Waals surface area contributed by atoms with Crippen molar-refractivity contribution in [1.82, 2.24) is 25.1 Å². The second kappa shape index (κ2) is 14.5. The van der Waals surface area contributed by atoms with Crippen LogP contribution in [0.2, 0.25) is 0 Å². The molecular formula is C34H32N6O5S2. The van der Waals surface area contributed by atoms with Crippen molar-refractivity contribution in [3.05, 3.63) is 112 Å². The third-order valence-electron chi connectivity index (χ3n) is 7.58. The van der Waals surface area contributed by atoms with Gasteiger partial charge < -0.3 is 19.5 Å². The SMILES string of the molecule is COc1ccc(C(=O)NCc2nnc(SCC(=O)N3N=C(c4cccs4)C[C@@H]3c3ccc(OC)cc3)n2-c2ccccc2OC)cc1. The molecule has 13 heteroatoms. The fraction of sp³-hybridized carbons (Fsp3) is 0.206. The fourth-order valence-corrected chi connectivity index (χ4v) is 6.72. The van der Waals surface area contributed by atoms with Gasteiger partial charge in [-0.1, -0.05) is 42.1 Å². The number of hydrazone groups is 1. The summed E-state index contributed by atoms with van der Waals surface area (Å²) in [5, 5.41) is 20.6. The summed E-state index contributed by atoms with van der Waals surface area (Å²) in [7, 11) is 4.78. The molecular weight excluding hydrogens is 637 g/mol. The van der Waals surface area contributed by atoms with Crippen LogP contribution in [-0.2, 0) is 11.3 Å². The minimum atomic E-state index is -0.273. The number of para-hydroxylation sites is 2. The number of rotatable bonds is 12. The van der Waals surface area contributed by atoms with Gasteiger partial charge in [-0.3, -0.25) is 14.2 Å². The highest BCUT2D eigenvalue weighted by Gasteiger charge is 2.34. The van der Waals surface area contributed by atoms with E-state index in [1.807, 2.05) is 66.0 Å². The Bertz CT molecular complexity index is 1870. The van der Waals surface area contributed by atoms with Gasteiger partial charge in [-0.15, -0.1) is 21.5 Å². The van der Waals surface area contributed by atoms with Crippen LogP contribution in [-0.4, -0.2) is 64.4 Å². The Morgan fingerprint density at radius 2 is 1.62 bits per heavy atom. The third-order valence-corrected chi connectivity index (χ3v) is 9.42. The van der Waals surface area contributed by atoms with E-state index >= 15 is 0 Å². The smallest absolute Gasteiger partial charge is 0.253 e. The largest absolute Gasteiger partial charge is 0.497 e. The molecule has 11 nitrogen and oxygen atoms in total. The summed E-state index contributed by atoms with van der Waals surface area (Å²) >= 11 is 2.84. The van der Waals surface area contributed by atoms with E-state index in [1.54, 1.807) is 66.5 Å². The second-order valence-electron chi connectivity index (χ2n) is 10.4. The maximum atomic E-state index is 13.9. The van der Waals surface area contributed by atoms with E-state index in [4.69, 9.17) is 19.3 Å². The van der Waals surface area contributed by atoms with Gasteiger partial charge in [0.25, 0.3) is 11.8 Å². The van der Waals surface area contributed by atoms with Crippen LogP contribution in [0.15, 0.2) is 101 Å². The van der Waals surface area contributed by atoms with Crippen LogP contribution < -0.4 is 19.5 Å². The fourth-order valence-electron chi connectivity index (χ4n) is 5.18. The molecule has 6 rings (SSSR count). The van der Waals surface area contributed by atoms with E-state index in [9.17, 15) is 9.59 Å². The van der Waals surface area contributed by atoms with Crippen molar-refractivity contribution in [3.8, 4) is 22.9 Å². The van der Waals surface area contributed by atoms with E-state index in [0.29, 0.717) is 40.2 Å². The number of hydrogen-bond donors (Lipinski definition) is 1. The number of methoxy groups -OCH3 is 3. The van der Waals surface area contributed by atoms with Crippen molar-refractivity contribution in [2.24, 2.45) is 5.10 Å². The number of carbonyl (C=O) groups excluding carboxylic acids is 2. The van der Waals surface area contributed by atoms with Gasteiger partial charge in [0.1, 0.15) is 17.2 Å². The van der Waals surface area contributed by atoms with Gasteiger partial charge in [-0.25, -0.2) is 5.01 Å². The van der Waals surface area contributed by atoms with E-state index in [0.717, 1.165) is 21.9 Å². The molecule has 3 heterocycles. The van der Waals surface area contributed by atoms with Crippen LogP contribution in [0.3, 0.4) is 0 Å². The van der Waals surface area contributed by atoms with Crippen LogP contribution in [0.25, 0.3) is 5.69 Å². The van der Waals surface area contributed by atoms with Crippen LogP contribution >= 0.6 is 23.1 Å². The molecule has 5 aromatic rings. The van der Waals surface area contributed by atoms with Crippen LogP contribution in [0.4, 0.5) is 0 Å². The molecule has 0 bridgehead atoms. The molecule has 1 aliphatic heterocycles. The Morgan fingerprint density at radius 3 is 2.30 bits per heavy atom. The first-order chi connectivity index (χ1) is 23.0. The van der Waals surface area contributed by atoms with Crippen molar-refractivity contribution in [1.29, 1.82) is 0 Å².